The fraction of sp³-hybridized carbons (Fsp3) is 0.571. The number of ether oxygens (including phenoxy) is 1. The Labute approximate surface area is 118 Å². The number of hydrogen-bond donors (Lipinski definition) is 0. The van der Waals surface area contributed by atoms with Crippen LogP contribution in [0, 0.1) is 0 Å². The Morgan fingerprint density at radius 2 is 2.26 bits per heavy atom. The SMILES string of the molecule is COC(=O)CN(Cc1ccncc1Cl)C1CCCC1. The zero-order chi connectivity index (χ0) is 13.7. The molecule has 0 aromatic carbocycles. The topological polar surface area (TPSA) is 42.4 Å². The summed E-state index contributed by atoms with van der Waals surface area (Å²) in [4.78, 5) is 17.7. The van der Waals surface area contributed by atoms with Crippen molar-refractivity contribution in [1.29, 1.82) is 0 Å². The number of esters is 1. The van der Waals surface area contributed by atoms with Gasteiger partial charge in [-0.2, -0.15) is 0 Å². The van der Waals surface area contributed by atoms with Gasteiger partial charge in [-0.05, 0) is 24.5 Å². The molecule has 0 unspecified atom stereocenters. The summed E-state index contributed by atoms with van der Waals surface area (Å²) in [6.45, 7) is 0.987. The zero-order valence-electron chi connectivity index (χ0n) is 11.1. The number of hydrogen-bond acceptors (Lipinski definition) is 4. The summed E-state index contributed by atoms with van der Waals surface area (Å²) in [5, 5.41) is 0.648. The maximum absolute atomic E-state index is 11.5. The quantitative estimate of drug-likeness (QED) is 0.779. The van der Waals surface area contributed by atoms with E-state index in [2.05, 4.69) is 9.88 Å². The molecule has 1 heterocycles. The summed E-state index contributed by atoms with van der Waals surface area (Å²) in [5.74, 6) is -0.197. The van der Waals surface area contributed by atoms with Gasteiger partial charge in [0.1, 0.15) is 0 Å². The van der Waals surface area contributed by atoms with Crippen molar-refractivity contribution in [2.45, 2.75) is 38.3 Å². The van der Waals surface area contributed by atoms with Crippen LogP contribution in [0.15, 0.2) is 18.5 Å². The van der Waals surface area contributed by atoms with Gasteiger partial charge < -0.3 is 4.74 Å². The van der Waals surface area contributed by atoms with Gasteiger partial charge in [0.05, 0.1) is 18.7 Å². The van der Waals surface area contributed by atoms with Gasteiger partial charge in [-0.3, -0.25) is 14.7 Å². The minimum absolute atomic E-state index is 0.197. The maximum atomic E-state index is 11.5. The second-order valence-corrected chi connectivity index (χ2v) is 5.29. The molecule has 5 heteroatoms. The van der Waals surface area contributed by atoms with Gasteiger partial charge in [-0.1, -0.05) is 24.4 Å². The number of methoxy groups -OCH3 is 1. The lowest BCUT2D eigenvalue weighted by atomic mass is 10.1. The van der Waals surface area contributed by atoms with Crippen LogP contribution in [0.2, 0.25) is 5.02 Å². The number of rotatable bonds is 5. The van der Waals surface area contributed by atoms with Gasteiger partial charge in [0.25, 0.3) is 0 Å². The molecule has 0 aliphatic heterocycles. The summed E-state index contributed by atoms with van der Waals surface area (Å²) < 4.78 is 4.78. The summed E-state index contributed by atoms with van der Waals surface area (Å²) in [6.07, 6.45) is 8.10. The van der Waals surface area contributed by atoms with E-state index in [1.54, 1.807) is 12.4 Å². The molecule has 1 fully saturated rings. The van der Waals surface area contributed by atoms with Crippen LogP contribution in [-0.4, -0.2) is 35.5 Å². The van der Waals surface area contributed by atoms with Crippen LogP contribution in [0.3, 0.4) is 0 Å². The third kappa shape index (κ3) is 3.91. The first-order chi connectivity index (χ1) is 9.20. The molecule has 1 aromatic rings. The molecule has 0 amide bonds. The fourth-order valence-electron chi connectivity index (χ4n) is 2.56. The monoisotopic (exact) mass is 282 g/mol. The van der Waals surface area contributed by atoms with Gasteiger partial charge in [-0.15, -0.1) is 0 Å². The van der Waals surface area contributed by atoms with Crippen molar-refractivity contribution in [3.05, 3.63) is 29.0 Å². The summed E-state index contributed by atoms with van der Waals surface area (Å²) in [7, 11) is 1.43. The molecule has 2 rings (SSSR count). The first kappa shape index (κ1) is 14.3. The van der Waals surface area contributed by atoms with Crippen LogP contribution in [-0.2, 0) is 16.1 Å². The zero-order valence-corrected chi connectivity index (χ0v) is 11.9. The van der Waals surface area contributed by atoms with E-state index in [1.165, 1.54) is 20.0 Å². The number of carbonyl (C=O) groups is 1. The average Bonchev–Trinajstić information content (AvgIpc) is 2.94. The number of pyridine rings is 1. The third-order valence-corrected chi connectivity index (χ3v) is 3.97. The Kier molecular flexibility index (Phi) is 5.16. The molecule has 0 atom stereocenters. The van der Waals surface area contributed by atoms with Gasteiger partial charge in [0.15, 0.2) is 0 Å². The van der Waals surface area contributed by atoms with Gasteiger partial charge in [0.2, 0.25) is 0 Å². The number of nitrogens with zero attached hydrogens (tertiary/aromatic N) is 2. The lowest BCUT2D eigenvalue weighted by Crippen LogP contribution is -2.37. The van der Waals surface area contributed by atoms with E-state index in [1.807, 2.05) is 6.07 Å². The van der Waals surface area contributed by atoms with Crippen molar-refractivity contribution in [3.63, 3.8) is 0 Å². The standard InChI is InChI=1S/C14H19ClN2O2/c1-19-14(18)10-17(12-4-2-3-5-12)9-11-6-7-16-8-13(11)15/h6-8,12H,2-5,9-10H2,1H3. The molecule has 0 spiro atoms. The fourth-order valence-corrected chi connectivity index (χ4v) is 2.74. The molecule has 1 aliphatic carbocycles. The first-order valence-electron chi connectivity index (χ1n) is 6.60. The Morgan fingerprint density at radius 1 is 1.53 bits per heavy atom. The number of halogens is 1. The van der Waals surface area contributed by atoms with Crippen LogP contribution in [0.1, 0.15) is 31.2 Å². The summed E-state index contributed by atoms with van der Waals surface area (Å²) >= 11 is 6.14. The van der Waals surface area contributed by atoms with Crippen LogP contribution in [0.5, 0.6) is 0 Å². The molecule has 0 saturated heterocycles. The third-order valence-electron chi connectivity index (χ3n) is 3.63. The first-order valence-corrected chi connectivity index (χ1v) is 6.97. The largest absolute Gasteiger partial charge is 0.468 e. The van der Waals surface area contributed by atoms with Crippen LogP contribution in [0.4, 0.5) is 0 Å². The van der Waals surface area contributed by atoms with Gasteiger partial charge in [0, 0.05) is 25.0 Å². The van der Waals surface area contributed by atoms with E-state index in [4.69, 9.17) is 16.3 Å². The highest BCUT2D eigenvalue weighted by Gasteiger charge is 2.25. The highest BCUT2D eigenvalue weighted by atomic mass is 35.5. The highest BCUT2D eigenvalue weighted by Crippen LogP contribution is 2.26. The molecule has 0 bridgehead atoms. The molecular weight excluding hydrogens is 264 g/mol. The van der Waals surface area contributed by atoms with E-state index in [9.17, 15) is 4.79 Å². The lowest BCUT2D eigenvalue weighted by Gasteiger charge is -2.27. The van der Waals surface area contributed by atoms with Crippen molar-refractivity contribution in [3.8, 4) is 0 Å². The molecule has 1 aliphatic rings. The molecule has 19 heavy (non-hydrogen) atoms. The van der Waals surface area contributed by atoms with E-state index in [0.29, 0.717) is 24.2 Å². The van der Waals surface area contributed by atoms with Crippen molar-refractivity contribution in [2.24, 2.45) is 0 Å². The van der Waals surface area contributed by atoms with E-state index >= 15 is 0 Å². The van der Waals surface area contributed by atoms with Crippen LogP contribution < -0.4 is 0 Å². The smallest absolute Gasteiger partial charge is 0.319 e. The average molecular weight is 283 g/mol. The van der Waals surface area contributed by atoms with Crippen molar-refractivity contribution in [2.75, 3.05) is 13.7 Å². The number of aromatic nitrogens is 1. The Hall–Kier alpha value is -1.13. The Balaban J connectivity index is 2.08. The second kappa shape index (κ2) is 6.87. The van der Waals surface area contributed by atoms with E-state index in [0.717, 1.165) is 18.4 Å². The normalized spacial score (nSPS) is 15.9. The molecule has 4 nitrogen and oxygen atoms in total. The molecule has 0 radical (unpaired) electrons. The summed E-state index contributed by atoms with van der Waals surface area (Å²) in [5.41, 5.74) is 1.01. The molecule has 1 aromatic heterocycles. The Morgan fingerprint density at radius 3 is 2.89 bits per heavy atom. The minimum atomic E-state index is -0.197. The summed E-state index contributed by atoms with van der Waals surface area (Å²) in [6, 6.07) is 2.35. The van der Waals surface area contributed by atoms with Crippen molar-refractivity contribution < 1.29 is 9.53 Å². The number of carbonyl (C=O) groups excluding carboxylic acids is 1. The van der Waals surface area contributed by atoms with E-state index < -0.39 is 0 Å². The lowest BCUT2D eigenvalue weighted by molar-refractivity contribution is -0.142. The van der Waals surface area contributed by atoms with Crippen LogP contribution in [0.25, 0.3) is 0 Å². The maximum Gasteiger partial charge on any atom is 0.319 e. The van der Waals surface area contributed by atoms with Gasteiger partial charge >= 0.3 is 5.97 Å². The molecular formula is C14H19ClN2O2. The molecule has 0 N–H and O–H groups in total. The predicted molar refractivity (Wildman–Crippen MR) is 73.9 cm³/mol. The second-order valence-electron chi connectivity index (χ2n) is 4.89. The van der Waals surface area contributed by atoms with E-state index in [-0.39, 0.29) is 5.97 Å². The van der Waals surface area contributed by atoms with Crippen molar-refractivity contribution >= 4 is 17.6 Å². The van der Waals surface area contributed by atoms with Crippen LogP contribution >= 0.6 is 11.6 Å². The Bertz CT molecular complexity index is 433. The minimum Gasteiger partial charge on any atom is -0.468 e. The molecule has 1 saturated carbocycles. The molecule has 104 valence electrons. The van der Waals surface area contributed by atoms with Crippen molar-refractivity contribution in [1.82, 2.24) is 9.88 Å². The predicted octanol–water partition coefficient (Wildman–Crippen LogP) is 2.65. The highest BCUT2D eigenvalue weighted by molar-refractivity contribution is 6.31. The van der Waals surface area contributed by atoms with Gasteiger partial charge in [-0.25, -0.2) is 0 Å².